The zero-order valence-electron chi connectivity index (χ0n) is 11.3. The van der Waals surface area contributed by atoms with E-state index in [0.717, 1.165) is 5.56 Å². The molecule has 1 unspecified atom stereocenters. The van der Waals surface area contributed by atoms with Crippen molar-refractivity contribution < 1.29 is 4.79 Å². The van der Waals surface area contributed by atoms with E-state index in [-0.39, 0.29) is 17.4 Å². The van der Waals surface area contributed by atoms with Crippen molar-refractivity contribution in [1.82, 2.24) is 5.32 Å². The molecule has 0 spiro atoms. The Morgan fingerprint density at radius 3 is 2.39 bits per heavy atom. The van der Waals surface area contributed by atoms with Gasteiger partial charge in [-0.15, -0.1) is 0 Å². The number of carbonyl (C=O) groups excluding carboxylic acids is 1. The van der Waals surface area contributed by atoms with Gasteiger partial charge in [-0.2, -0.15) is 0 Å². The maximum absolute atomic E-state index is 12.0. The van der Waals surface area contributed by atoms with Gasteiger partial charge in [-0.05, 0) is 24.0 Å². The van der Waals surface area contributed by atoms with Crippen molar-refractivity contribution in [2.45, 2.75) is 39.8 Å². The third-order valence-electron chi connectivity index (χ3n) is 2.95. The molecule has 3 nitrogen and oxygen atoms in total. The summed E-state index contributed by atoms with van der Waals surface area (Å²) in [6, 6.07) is 6.77. The minimum atomic E-state index is -0.539. The SMILES string of the molecule is CC(NC(=O)[C@H](N)C(C)(C)C)c1ccccc1Cl. The van der Waals surface area contributed by atoms with Gasteiger partial charge in [-0.1, -0.05) is 50.6 Å². The third kappa shape index (κ3) is 3.72. The van der Waals surface area contributed by atoms with Crippen LogP contribution in [0, 0.1) is 5.41 Å². The molecule has 1 aromatic carbocycles. The molecule has 0 aliphatic heterocycles. The van der Waals surface area contributed by atoms with Crippen molar-refractivity contribution in [3.8, 4) is 0 Å². The van der Waals surface area contributed by atoms with E-state index in [2.05, 4.69) is 5.32 Å². The molecule has 18 heavy (non-hydrogen) atoms. The van der Waals surface area contributed by atoms with Crippen molar-refractivity contribution in [2.24, 2.45) is 11.1 Å². The maximum Gasteiger partial charge on any atom is 0.237 e. The predicted octanol–water partition coefficient (Wildman–Crippen LogP) is 2.89. The van der Waals surface area contributed by atoms with Crippen LogP contribution in [0.1, 0.15) is 39.3 Å². The number of hydrogen-bond donors (Lipinski definition) is 2. The normalized spacial score (nSPS) is 15.0. The van der Waals surface area contributed by atoms with Gasteiger partial charge in [0.05, 0.1) is 12.1 Å². The van der Waals surface area contributed by atoms with Crippen molar-refractivity contribution >= 4 is 17.5 Å². The smallest absolute Gasteiger partial charge is 0.237 e. The first-order valence-electron chi connectivity index (χ1n) is 6.04. The number of halogens is 1. The van der Waals surface area contributed by atoms with E-state index >= 15 is 0 Å². The van der Waals surface area contributed by atoms with Crippen LogP contribution < -0.4 is 11.1 Å². The Morgan fingerprint density at radius 2 is 1.89 bits per heavy atom. The standard InChI is InChI=1S/C14H21ClN2O/c1-9(10-7-5-6-8-11(10)15)17-13(18)12(16)14(2,3)4/h5-9,12H,16H2,1-4H3,(H,17,18)/t9?,12-/m0/s1. The molecule has 0 saturated heterocycles. The fourth-order valence-corrected chi connectivity index (χ4v) is 1.90. The fourth-order valence-electron chi connectivity index (χ4n) is 1.60. The van der Waals surface area contributed by atoms with Crippen LogP contribution in [-0.2, 0) is 4.79 Å². The zero-order chi connectivity index (χ0) is 13.9. The van der Waals surface area contributed by atoms with Gasteiger partial charge in [-0.25, -0.2) is 0 Å². The summed E-state index contributed by atoms with van der Waals surface area (Å²) in [6.45, 7) is 7.72. The van der Waals surface area contributed by atoms with Crippen LogP contribution in [0.4, 0.5) is 0 Å². The molecule has 0 bridgehead atoms. The Hall–Kier alpha value is -1.06. The van der Waals surface area contributed by atoms with Crippen LogP contribution >= 0.6 is 11.6 Å². The molecule has 1 aromatic rings. The summed E-state index contributed by atoms with van der Waals surface area (Å²) in [5, 5.41) is 3.54. The Balaban J connectivity index is 2.75. The average molecular weight is 269 g/mol. The van der Waals surface area contributed by atoms with E-state index < -0.39 is 6.04 Å². The van der Waals surface area contributed by atoms with Gasteiger partial charge in [0, 0.05) is 5.02 Å². The van der Waals surface area contributed by atoms with Gasteiger partial charge in [0.15, 0.2) is 0 Å². The number of hydrogen-bond acceptors (Lipinski definition) is 2. The Kier molecular flexibility index (Phi) is 4.77. The Labute approximate surface area is 114 Å². The van der Waals surface area contributed by atoms with Gasteiger partial charge in [0.25, 0.3) is 0 Å². The van der Waals surface area contributed by atoms with Crippen molar-refractivity contribution in [3.63, 3.8) is 0 Å². The summed E-state index contributed by atoms with van der Waals surface area (Å²) in [4.78, 5) is 12.0. The molecule has 0 saturated carbocycles. The van der Waals surface area contributed by atoms with Crippen LogP contribution in [-0.4, -0.2) is 11.9 Å². The maximum atomic E-state index is 12.0. The van der Waals surface area contributed by atoms with E-state index in [1.54, 1.807) is 0 Å². The molecule has 1 amide bonds. The molecular weight excluding hydrogens is 248 g/mol. The molecule has 0 radical (unpaired) electrons. The lowest BCUT2D eigenvalue weighted by Gasteiger charge is -2.27. The van der Waals surface area contributed by atoms with E-state index in [4.69, 9.17) is 17.3 Å². The summed E-state index contributed by atoms with van der Waals surface area (Å²) in [7, 11) is 0. The lowest BCUT2D eigenvalue weighted by molar-refractivity contribution is -0.125. The second-order valence-electron chi connectivity index (χ2n) is 5.60. The number of rotatable bonds is 3. The van der Waals surface area contributed by atoms with Gasteiger partial charge < -0.3 is 11.1 Å². The quantitative estimate of drug-likeness (QED) is 0.886. The second kappa shape index (κ2) is 5.72. The van der Waals surface area contributed by atoms with Gasteiger partial charge in [0.1, 0.15) is 0 Å². The number of benzene rings is 1. The van der Waals surface area contributed by atoms with Crippen LogP contribution in [0.5, 0.6) is 0 Å². The lowest BCUT2D eigenvalue weighted by atomic mass is 9.86. The first-order chi connectivity index (χ1) is 8.23. The Bertz CT molecular complexity index is 426. The summed E-state index contributed by atoms with van der Waals surface area (Å²) >= 11 is 6.09. The lowest BCUT2D eigenvalue weighted by Crippen LogP contribution is -2.49. The highest BCUT2D eigenvalue weighted by Gasteiger charge is 2.28. The molecule has 2 atom stereocenters. The topological polar surface area (TPSA) is 55.1 Å². The fraction of sp³-hybridized carbons (Fsp3) is 0.500. The van der Waals surface area contributed by atoms with Crippen LogP contribution in [0.3, 0.4) is 0 Å². The predicted molar refractivity (Wildman–Crippen MR) is 75.4 cm³/mol. The van der Waals surface area contributed by atoms with E-state index in [1.807, 2.05) is 52.0 Å². The van der Waals surface area contributed by atoms with Gasteiger partial charge in [0.2, 0.25) is 5.91 Å². The summed E-state index contributed by atoms with van der Waals surface area (Å²) in [5.74, 6) is -0.157. The van der Waals surface area contributed by atoms with Crippen LogP contribution in [0.2, 0.25) is 5.02 Å². The highest BCUT2D eigenvalue weighted by atomic mass is 35.5. The van der Waals surface area contributed by atoms with Gasteiger partial charge in [-0.3, -0.25) is 4.79 Å². The van der Waals surface area contributed by atoms with E-state index in [1.165, 1.54) is 0 Å². The largest absolute Gasteiger partial charge is 0.348 e. The molecule has 0 fully saturated rings. The second-order valence-corrected chi connectivity index (χ2v) is 6.00. The summed E-state index contributed by atoms with van der Waals surface area (Å²) in [5.41, 5.74) is 6.55. The minimum absolute atomic E-state index is 0.153. The molecule has 0 aromatic heterocycles. The van der Waals surface area contributed by atoms with Crippen LogP contribution in [0.25, 0.3) is 0 Å². The third-order valence-corrected chi connectivity index (χ3v) is 3.29. The van der Waals surface area contributed by atoms with Crippen LogP contribution in [0.15, 0.2) is 24.3 Å². The first-order valence-corrected chi connectivity index (χ1v) is 6.41. The molecule has 0 aliphatic carbocycles. The van der Waals surface area contributed by atoms with E-state index in [0.29, 0.717) is 5.02 Å². The minimum Gasteiger partial charge on any atom is -0.348 e. The zero-order valence-corrected chi connectivity index (χ0v) is 12.1. The molecule has 0 aliphatic rings. The van der Waals surface area contributed by atoms with Crippen molar-refractivity contribution in [1.29, 1.82) is 0 Å². The molecular formula is C14H21ClN2O. The Morgan fingerprint density at radius 1 is 1.33 bits per heavy atom. The molecule has 4 heteroatoms. The molecule has 1 rings (SSSR count). The number of nitrogens with two attached hydrogens (primary N) is 1. The number of amides is 1. The number of carbonyl (C=O) groups is 1. The molecule has 3 N–H and O–H groups in total. The van der Waals surface area contributed by atoms with Gasteiger partial charge >= 0.3 is 0 Å². The first kappa shape index (κ1) is 15.0. The van der Waals surface area contributed by atoms with E-state index in [9.17, 15) is 4.79 Å². The average Bonchev–Trinajstić information content (AvgIpc) is 2.27. The van der Waals surface area contributed by atoms with Crippen molar-refractivity contribution in [2.75, 3.05) is 0 Å². The highest BCUT2D eigenvalue weighted by molar-refractivity contribution is 6.31. The number of nitrogens with one attached hydrogen (secondary N) is 1. The molecule has 0 heterocycles. The van der Waals surface area contributed by atoms with Crippen molar-refractivity contribution in [3.05, 3.63) is 34.9 Å². The summed E-state index contributed by atoms with van der Waals surface area (Å²) < 4.78 is 0. The highest BCUT2D eigenvalue weighted by Crippen LogP contribution is 2.23. The monoisotopic (exact) mass is 268 g/mol. The molecule has 100 valence electrons. The summed E-state index contributed by atoms with van der Waals surface area (Å²) in [6.07, 6.45) is 0.